The maximum absolute atomic E-state index is 3.68. The van der Waals surface area contributed by atoms with Crippen LogP contribution in [0.1, 0.15) is 17.5 Å². The molecule has 1 nitrogen and oxygen atoms in total. The van der Waals surface area contributed by atoms with Crippen LogP contribution < -0.4 is 5.32 Å². The molecule has 0 heterocycles. The van der Waals surface area contributed by atoms with Gasteiger partial charge in [0, 0.05) is 11.0 Å². The normalized spacial score (nSPS) is 10.1. The Balaban J connectivity index is 2.43. The molecular formula is C12H16BrN. The lowest BCUT2D eigenvalue weighted by molar-refractivity contribution is 0.695. The van der Waals surface area contributed by atoms with Gasteiger partial charge in [-0.15, -0.1) is 6.58 Å². The number of hydrogen-bond donors (Lipinski definition) is 1. The zero-order valence-electron chi connectivity index (χ0n) is 8.52. The fraction of sp³-hybridized carbons (Fsp3) is 0.333. The van der Waals surface area contributed by atoms with Crippen LogP contribution in [0.5, 0.6) is 0 Å². The molecule has 0 fully saturated rings. The third-order valence-electron chi connectivity index (χ3n) is 2.08. The van der Waals surface area contributed by atoms with Crippen LogP contribution in [0.25, 0.3) is 0 Å². The standard InChI is InChI=1S/C12H16BrN/c1-3-4-7-14-9-11-5-6-12(13)10(2)8-11/h3,5-6,8,14H,1,4,7,9H2,2H3. The Hall–Kier alpha value is -0.600. The predicted octanol–water partition coefficient (Wildman–Crippen LogP) is 3.42. The summed E-state index contributed by atoms with van der Waals surface area (Å²) in [6.07, 6.45) is 2.95. The lowest BCUT2D eigenvalue weighted by Crippen LogP contribution is -2.13. The molecule has 2 heteroatoms. The molecule has 0 aliphatic carbocycles. The Morgan fingerprint density at radius 2 is 2.29 bits per heavy atom. The van der Waals surface area contributed by atoms with Crippen molar-refractivity contribution in [3.8, 4) is 0 Å². The Morgan fingerprint density at radius 3 is 2.93 bits per heavy atom. The highest BCUT2D eigenvalue weighted by Gasteiger charge is 1.96. The number of benzene rings is 1. The first-order valence-electron chi connectivity index (χ1n) is 4.80. The molecule has 76 valence electrons. The predicted molar refractivity (Wildman–Crippen MR) is 65.4 cm³/mol. The molecule has 1 aromatic rings. The second-order valence-corrected chi connectivity index (χ2v) is 4.19. The number of halogens is 1. The summed E-state index contributed by atoms with van der Waals surface area (Å²) >= 11 is 3.49. The van der Waals surface area contributed by atoms with Crippen LogP contribution in [-0.4, -0.2) is 6.54 Å². The molecular weight excluding hydrogens is 238 g/mol. The van der Waals surface area contributed by atoms with Crippen molar-refractivity contribution in [3.05, 3.63) is 46.5 Å². The minimum absolute atomic E-state index is 0.932. The van der Waals surface area contributed by atoms with Gasteiger partial charge in [-0.05, 0) is 37.1 Å². The highest BCUT2D eigenvalue weighted by Crippen LogP contribution is 2.16. The third kappa shape index (κ3) is 3.64. The van der Waals surface area contributed by atoms with Gasteiger partial charge in [0.05, 0.1) is 0 Å². The van der Waals surface area contributed by atoms with Crippen LogP contribution in [0, 0.1) is 6.92 Å². The molecule has 0 radical (unpaired) electrons. The minimum atomic E-state index is 0.932. The molecule has 0 unspecified atom stereocenters. The van der Waals surface area contributed by atoms with Gasteiger partial charge in [-0.1, -0.05) is 34.1 Å². The van der Waals surface area contributed by atoms with E-state index < -0.39 is 0 Å². The van der Waals surface area contributed by atoms with E-state index in [4.69, 9.17) is 0 Å². The summed E-state index contributed by atoms with van der Waals surface area (Å²) < 4.78 is 1.17. The van der Waals surface area contributed by atoms with E-state index in [1.165, 1.54) is 15.6 Å². The maximum Gasteiger partial charge on any atom is 0.0205 e. The molecule has 1 N–H and O–H groups in total. The van der Waals surface area contributed by atoms with Gasteiger partial charge in [-0.3, -0.25) is 0 Å². The fourth-order valence-corrected chi connectivity index (χ4v) is 1.50. The maximum atomic E-state index is 3.68. The van der Waals surface area contributed by atoms with Crippen molar-refractivity contribution in [1.82, 2.24) is 5.32 Å². The van der Waals surface area contributed by atoms with Crippen LogP contribution in [0.3, 0.4) is 0 Å². The lowest BCUT2D eigenvalue weighted by atomic mass is 10.1. The summed E-state index contributed by atoms with van der Waals surface area (Å²) in [5.74, 6) is 0. The summed E-state index contributed by atoms with van der Waals surface area (Å²) in [4.78, 5) is 0. The zero-order chi connectivity index (χ0) is 10.4. The molecule has 0 saturated carbocycles. The topological polar surface area (TPSA) is 12.0 Å². The molecule has 0 aromatic heterocycles. The number of aryl methyl sites for hydroxylation is 1. The summed E-state index contributed by atoms with van der Waals surface area (Å²) in [7, 11) is 0. The van der Waals surface area contributed by atoms with E-state index in [2.05, 4.69) is 52.9 Å². The van der Waals surface area contributed by atoms with Crippen molar-refractivity contribution in [2.75, 3.05) is 6.54 Å². The first-order chi connectivity index (χ1) is 6.74. The smallest absolute Gasteiger partial charge is 0.0205 e. The van der Waals surface area contributed by atoms with Crippen LogP contribution in [-0.2, 0) is 6.54 Å². The first kappa shape index (κ1) is 11.5. The van der Waals surface area contributed by atoms with Gasteiger partial charge < -0.3 is 5.32 Å². The molecule has 0 aliphatic heterocycles. The van der Waals surface area contributed by atoms with Crippen molar-refractivity contribution < 1.29 is 0 Å². The highest BCUT2D eigenvalue weighted by atomic mass is 79.9. The minimum Gasteiger partial charge on any atom is -0.312 e. The van der Waals surface area contributed by atoms with Gasteiger partial charge in [0.15, 0.2) is 0 Å². The molecule has 0 amide bonds. The number of nitrogens with one attached hydrogen (secondary N) is 1. The van der Waals surface area contributed by atoms with E-state index in [0.29, 0.717) is 0 Å². The van der Waals surface area contributed by atoms with Crippen LogP contribution in [0.4, 0.5) is 0 Å². The molecule has 0 bridgehead atoms. The average Bonchev–Trinajstić information content (AvgIpc) is 2.18. The molecule has 1 rings (SSSR count). The van der Waals surface area contributed by atoms with E-state index in [1.807, 2.05) is 6.08 Å². The van der Waals surface area contributed by atoms with Gasteiger partial charge in [0.1, 0.15) is 0 Å². The van der Waals surface area contributed by atoms with Crippen molar-refractivity contribution in [3.63, 3.8) is 0 Å². The Labute approximate surface area is 94.3 Å². The number of hydrogen-bond acceptors (Lipinski definition) is 1. The molecule has 0 aliphatic rings. The van der Waals surface area contributed by atoms with Gasteiger partial charge in [0.2, 0.25) is 0 Å². The largest absolute Gasteiger partial charge is 0.312 e. The van der Waals surface area contributed by atoms with Crippen molar-refractivity contribution in [1.29, 1.82) is 0 Å². The van der Waals surface area contributed by atoms with E-state index in [1.54, 1.807) is 0 Å². The van der Waals surface area contributed by atoms with E-state index in [-0.39, 0.29) is 0 Å². The summed E-state index contributed by atoms with van der Waals surface area (Å²) in [5.41, 5.74) is 2.61. The Bertz CT molecular complexity index is 307. The van der Waals surface area contributed by atoms with Gasteiger partial charge >= 0.3 is 0 Å². The fourth-order valence-electron chi connectivity index (χ4n) is 1.25. The van der Waals surface area contributed by atoms with E-state index >= 15 is 0 Å². The Kier molecular flexibility index (Phi) is 4.91. The number of rotatable bonds is 5. The monoisotopic (exact) mass is 253 g/mol. The molecule has 1 aromatic carbocycles. The van der Waals surface area contributed by atoms with Crippen molar-refractivity contribution in [2.45, 2.75) is 19.9 Å². The van der Waals surface area contributed by atoms with Crippen molar-refractivity contribution >= 4 is 15.9 Å². The highest BCUT2D eigenvalue weighted by molar-refractivity contribution is 9.10. The third-order valence-corrected chi connectivity index (χ3v) is 2.97. The van der Waals surface area contributed by atoms with Gasteiger partial charge in [-0.2, -0.15) is 0 Å². The molecule has 0 atom stereocenters. The van der Waals surface area contributed by atoms with E-state index in [9.17, 15) is 0 Å². The lowest BCUT2D eigenvalue weighted by Gasteiger charge is -2.05. The van der Waals surface area contributed by atoms with Crippen LogP contribution in [0.2, 0.25) is 0 Å². The molecule has 14 heavy (non-hydrogen) atoms. The van der Waals surface area contributed by atoms with Gasteiger partial charge in [0.25, 0.3) is 0 Å². The van der Waals surface area contributed by atoms with E-state index in [0.717, 1.165) is 19.5 Å². The SMILES string of the molecule is C=CCCNCc1ccc(Br)c(C)c1. The average molecular weight is 254 g/mol. The van der Waals surface area contributed by atoms with Crippen molar-refractivity contribution in [2.24, 2.45) is 0 Å². The second-order valence-electron chi connectivity index (χ2n) is 3.34. The second kappa shape index (κ2) is 5.99. The summed E-state index contributed by atoms with van der Waals surface area (Å²) in [6.45, 7) is 7.72. The van der Waals surface area contributed by atoms with Gasteiger partial charge in [-0.25, -0.2) is 0 Å². The van der Waals surface area contributed by atoms with Crippen LogP contribution >= 0.6 is 15.9 Å². The molecule has 0 spiro atoms. The summed E-state index contributed by atoms with van der Waals surface area (Å²) in [6, 6.07) is 6.43. The zero-order valence-corrected chi connectivity index (χ0v) is 10.1. The molecule has 0 saturated heterocycles. The van der Waals surface area contributed by atoms with Crippen LogP contribution in [0.15, 0.2) is 35.3 Å². The summed E-state index contributed by atoms with van der Waals surface area (Å²) in [5, 5.41) is 3.36. The Morgan fingerprint density at radius 1 is 1.50 bits per heavy atom. The first-order valence-corrected chi connectivity index (χ1v) is 5.60. The quantitative estimate of drug-likeness (QED) is 0.627.